The molecule has 0 aromatic heterocycles. The Bertz CT molecular complexity index is 1130. The Morgan fingerprint density at radius 1 is 0.974 bits per heavy atom. The molecule has 1 fully saturated rings. The molecular formula is C29H32F6N2O. The van der Waals surface area contributed by atoms with Gasteiger partial charge in [0.1, 0.15) is 0 Å². The molecule has 1 aliphatic carbocycles. The number of benzene rings is 2. The lowest BCUT2D eigenvalue weighted by Gasteiger charge is -2.44. The molecule has 0 spiro atoms. The number of amides is 1. The lowest BCUT2D eigenvalue weighted by molar-refractivity contribution is -0.143. The molecule has 2 aromatic rings. The van der Waals surface area contributed by atoms with Crippen molar-refractivity contribution in [1.29, 1.82) is 0 Å². The van der Waals surface area contributed by atoms with Crippen molar-refractivity contribution in [3.05, 3.63) is 82.4 Å². The molecule has 0 radical (unpaired) electrons. The summed E-state index contributed by atoms with van der Waals surface area (Å²) in [4.78, 5) is 16.2. The zero-order valence-corrected chi connectivity index (χ0v) is 21.4. The number of hydrogen-bond acceptors (Lipinski definition) is 2. The molecule has 1 aliphatic heterocycles. The second-order valence-corrected chi connectivity index (χ2v) is 10.5. The molecule has 4 rings (SSSR count). The highest BCUT2D eigenvalue weighted by atomic mass is 19.4. The van der Waals surface area contributed by atoms with Crippen LogP contribution < -0.4 is 5.32 Å². The highest BCUT2D eigenvalue weighted by molar-refractivity contribution is 5.88. The number of carbonyl (C=O) groups is 1. The van der Waals surface area contributed by atoms with Gasteiger partial charge in [-0.25, -0.2) is 0 Å². The Labute approximate surface area is 218 Å². The van der Waals surface area contributed by atoms with Crippen LogP contribution in [0.25, 0.3) is 0 Å². The van der Waals surface area contributed by atoms with Gasteiger partial charge in [-0.2, -0.15) is 26.3 Å². The minimum atomic E-state index is -4.95. The van der Waals surface area contributed by atoms with E-state index in [0.29, 0.717) is 31.0 Å². The number of nitrogens with one attached hydrogen (secondary N) is 1. The summed E-state index contributed by atoms with van der Waals surface area (Å²) in [7, 11) is 0. The topological polar surface area (TPSA) is 32.3 Å². The largest absolute Gasteiger partial charge is 0.416 e. The SMILES string of the molecule is CC1=CCN(C2CCC(C(=O)NC(C)c3cc(C(F)(F)F)cc(C(F)(F)F)c3)(c3ccccc3)CC2)CC1. The van der Waals surface area contributed by atoms with Crippen LogP contribution in [0.3, 0.4) is 0 Å². The fourth-order valence-corrected chi connectivity index (χ4v) is 5.63. The summed E-state index contributed by atoms with van der Waals surface area (Å²) in [6, 6.07) is 9.96. The van der Waals surface area contributed by atoms with Gasteiger partial charge in [0.2, 0.25) is 5.91 Å². The number of carbonyl (C=O) groups excluding carboxylic acids is 1. The molecule has 1 amide bonds. The molecule has 38 heavy (non-hydrogen) atoms. The molecule has 1 atom stereocenters. The third kappa shape index (κ3) is 6.08. The van der Waals surface area contributed by atoms with E-state index in [9.17, 15) is 31.1 Å². The second-order valence-electron chi connectivity index (χ2n) is 10.5. The van der Waals surface area contributed by atoms with Crippen molar-refractivity contribution >= 4 is 5.91 Å². The first-order chi connectivity index (χ1) is 17.8. The van der Waals surface area contributed by atoms with E-state index in [1.165, 1.54) is 12.5 Å². The number of alkyl halides is 6. The summed E-state index contributed by atoms with van der Waals surface area (Å²) in [5.41, 5.74) is -1.78. The van der Waals surface area contributed by atoms with Gasteiger partial charge in [-0.15, -0.1) is 0 Å². The zero-order chi connectivity index (χ0) is 27.7. The first kappa shape index (κ1) is 28.2. The predicted molar refractivity (Wildman–Crippen MR) is 133 cm³/mol. The van der Waals surface area contributed by atoms with E-state index in [4.69, 9.17) is 0 Å². The normalized spacial score (nSPS) is 24.0. The summed E-state index contributed by atoms with van der Waals surface area (Å²) < 4.78 is 80.3. The van der Waals surface area contributed by atoms with E-state index in [2.05, 4.69) is 23.2 Å². The van der Waals surface area contributed by atoms with E-state index in [-0.39, 0.29) is 17.5 Å². The van der Waals surface area contributed by atoms with Gasteiger partial charge in [-0.05, 0) is 75.3 Å². The van der Waals surface area contributed by atoms with Crippen LogP contribution in [0, 0.1) is 0 Å². The van der Waals surface area contributed by atoms with Crippen molar-refractivity contribution in [2.45, 2.75) is 75.8 Å². The molecule has 3 nitrogen and oxygen atoms in total. The maximum absolute atomic E-state index is 13.8. The fourth-order valence-electron chi connectivity index (χ4n) is 5.63. The van der Waals surface area contributed by atoms with Crippen molar-refractivity contribution in [2.75, 3.05) is 13.1 Å². The average Bonchev–Trinajstić information content (AvgIpc) is 2.88. The molecule has 2 aromatic carbocycles. The summed E-state index contributed by atoms with van der Waals surface area (Å²) in [5.74, 6) is -0.380. The van der Waals surface area contributed by atoms with Crippen molar-refractivity contribution < 1.29 is 31.1 Å². The lowest BCUT2D eigenvalue weighted by Crippen LogP contribution is -2.51. The average molecular weight is 539 g/mol. The van der Waals surface area contributed by atoms with Crippen LogP contribution in [0.5, 0.6) is 0 Å². The maximum atomic E-state index is 13.8. The zero-order valence-electron chi connectivity index (χ0n) is 21.4. The fraction of sp³-hybridized carbons (Fsp3) is 0.483. The van der Waals surface area contributed by atoms with E-state index >= 15 is 0 Å². The van der Waals surface area contributed by atoms with Gasteiger partial charge in [0.25, 0.3) is 0 Å². The van der Waals surface area contributed by atoms with Gasteiger partial charge in [0.05, 0.1) is 22.6 Å². The Morgan fingerprint density at radius 3 is 2.05 bits per heavy atom. The minimum absolute atomic E-state index is 0.0993. The van der Waals surface area contributed by atoms with Gasteiger partial charge in [-0.1, -0.05) is 42.0 Å². The van der Waals surface area contributed by atoms with E-state index in [1.807, 2.05) is 30.3 Å². The van der Waals surface area contributed by atoms with Gasteiger partial charge in [0, 0.05) is 19.1 Å². The monoisotopic (exact) mass is 538 g/mol. The Kier molecular flexibility index (Phi) is 7.98. The van der Waals surface area contributed by atoms with Crippen LogP contribution in [0.15, 0.2) is 60.2 Å². The van der Waals surface area contributed by atoms with Crippen LogP contribution >= 0.6 is 0 Å². The summed E-state index contributed by atoms with van der Waals surface area (Å²) in [5, 5.41) is 2.77. The van der Waals surface area contributed by atoms with Gasteiger partial charge >= 0.3 is 12.4 Å². The van der Waals surface area contributed by atoms with Crippen LogP contribution in [0.2, 0.25) is 0 Å². The highest BCUT2D eigenvalue weighted by Crippen LogP contribution is 2.43. The standard InChI is InChI=1S/C29H32F6N2O/c1-19-10-14-37(15-11-19)25-8-12-27(13-9-25,22-6-4-3-5-7-22)26(38)36-20(2)21-16-23(28(30,31)32)18-24(17-21)29(33,34)35/h3-7,10,16-18,20,25H,8-9,11-15H2,1-2H3,(H,36,38). The molecular weight excluding hydrogens is 506 g/mol. The quantitative estimate of drug-likeness (QED) is 0.317. The van der Waals surface area contributed by atoms with Gasteiger partial charge in [-0.3, -0.25) is 9.69 Å². The van der Waals surface area contributed by atoms with Gasteiger partial charge in [0.15, 0.2) is 0 Å². The summed E-state index contributed by atoms with van der Waals surface area (Å²) in [6.45, 7) is 5.37. The lowest BCUT2D eigenvalue weighted by atomic mass is 9.67. The van der Waals surface area contributed by atoms with Crippen LogP contribution in [0.4, 0.5) is 26.3 Å². The molecule has 1 saturated carbocycles. The molecule has 0 saturated heterocycles. The van der Waals surface area contributed by atoms with E-state index in [1.54, 1.807) is 0 Å². The summed E-state index contributed by atoms with van der Waals surface area (Å²) in [6.07, 6.45) is -4.06. The van der Waals surface area contributed by atoms with Crippen molar-refractivity contribution in [3.8, 4) is 0 Å². The number of rotatable bonds is 5. The van der Waals surface area contributed by atoms with Gasteiger partial charge < -0.3 is 5.32 Å². The third-order valence-corrected chi connectivity index (χ3v) is 8.01. The van der Waals surface area contributed by atoms with Crippen LogP contribution in [-0.2, 0) is 22.6 Å². The van der Waals surface area contributed by atoms with Crippen LogP contribution in [-0.4, -0.2) is 29.9 Å². The van der Waals surface area contributed by atoms with Crippen LogP contribution in [0.1, 0.15) is 74.2 Å². The minimum Gasteiger partial charge on any atom is -0.349 e. The first-order valence-electron chi connectivity index (χ1n) is 12.9. The van der Waals surface area contributed by atoms with E-state index < -0.39 is 34.9 Å². The molecule has 0 bridgehead atoms. The predicted octanol–water partition coefficient (Wildman–Crippen LogP) is 7.43. The maximum Gasteiger partial charge on any atom is 0.416 e. The second kappa shape index (κ2) is 10.8. The molecule has 206 valence electrons. The molecule has 1 N–H and O–H groups in total. The number of halogens is 6. The third-order valence-electron chi connectivity index (χ3n) is 8.01. The van der Waals surface area contributed by atoms with Crippen molar-refractivity contribution in [1.82, 2.24) is 10.2 Å². The molecule has 2 aliphatic rings. The Morgan fingerprint density at radius 2 is 1.55 bits per heavy atom. The Balaban J connectivity index is 1.59. The highest BCUT2D eigenvalue weighted by Gasteiger charge is 2.45. The smallest absolute Gasteiger partial charge is 0.349 e. The number of hydrogen-bond donors (Lipinski definition) is 1. The molecule has 1 unspecified atom stereocenters. The number of nitrogens with zero attached hydrogens (tertiary/aromatic N) is 1. The summed E-state index contributed by atoms with van der Waals surface area (Å²) >= 11 is 0. The molecule has 1 heterocycles. The Hall–Kier alpha value is -2.81. The van der Waals surface area contributed by atoms with E-state index in [0.717, 1.165) is 37.9 Å². The molecule has 9 heteroatoms. The van der Waals surface area contributed by atoms with Crippen molar-refractivity contribution in [2.24, 2.45) is 0 Å². The van der Waals surface area contributed by atoms with Crippen molar-refractivity contribution in [3.63, 3.8) is 0 Å². The first-order valence-corrected chi connectivity index (χ1v) is 12.9.